The average molecular weight is 375 g/mol. The number of alkyl halides is 1. The van der Waals surface area contributed by atoms with Gasteiger partial charge in [-0.25, -0.2) is 9.59 Å². The van der Waals surface area contributed by atoms with Gasteiger partial charge in [-0.15, -0.1) is 11.6 Å². The summed E-state index contributed by atoms with van der Waals surface area (Å²) in [4.78, 5) is 40.4. The number of hydrogen-bond acceptors (Lipinski definition) is 5. The standard InChI is InChI=1S/C17H27ClN2O5/c1-12(2)11-25-16(22)14-6-4-8-19(14)15(21)13-5-3-9-20(13)17(23)24-10-7-18/h12-14H,3-11H2,1-2H3. The first-order chi connectivity index (χ1) is 12.0. The molecule has 0 bridgehead atoms. The minimum absolute atomic E-state index is 0.117. The molecule has 0 saturated carbocycles. The van der Waals surface area contributed by atoms with Crippen LogP contribution in [0.15, 0.2) is 0 Å². The molecule has 2 saturated heterocycles. The largest absolute Gasteiger partial charge is 0.464 e. The van der Waals surface area contributed by atoms with Crippen LogP contribution in [0.25, 0.3) is 0 Å². The maximum absolute atomic E-state index is 12.9. The second-order valence-corrected chi connectivity index (χ2v) is 7.25. The van der Waals surface area contributed by atoms with Gasteiger partial charge < -0.3 is 14.4 Å². The molecule has 7 nitrogen and oxygen atoms in total. The summed E-state index contributed by atoms with van der Waals surface area (Å²) >= 11 is 5.54. The topological polar surface area (TPSA) is 76.2 Å². The fourth-order valence-corrected chi connectivity index (χ4v) is 3.34. The average Bonchev–Trinajstić information content (AvgIpc) is 3.25. The van der Waals surface area contributed by atoms with Crippen molar-refractivity contribution in [3.8, 4) is 0 Å². The van der Waals surface area contributed by atoms with E-state index in [1.165, 1.54) is 4.90 Å². The minimum Gasteiger partial charge on any atom is -0.464 e. The zero-order valence-corrected chi connectivity index (χ0v) is 15.7. The number of ether oxygens (including phenoxy) is 2. The van der Waals surface area contributed by atoms with Crippen molar-refractivity contribution in [1.29, 1.82) is 0 Å². The van der Waals surface area contributed by atoms with Crippen LogP contribution in [0.5, 0.6) is 0 Å². The number of rotatable bonds is 6. The van der Waals surface area contributed by atoms with E-state index in [1.807, 2.05) is 13.8 Å². The Morgan fingerprint density at radius 1 is 1.04 bits per heavy atom. The Labute approximate surface area is 153 Å². The normalized spacial score (nSPS) is 23.2. The zero-order valence-electron chi connectivity index (χ0n) is 14.9. The van der Waals surface area contributed by atoms with Gasteiger partial charge in [0.05, 0.1) is 12.5 Å². The molecule has 2 amide bonds. The van der Waals surface area contributed by atoms with Gasteiger partial charge in [0.1, 0.15) is 18.7 Å². The summed E-state index contributed by atoms with van der Waals surface area (Å²) in [6, 6.07) is -1.12. The molecule has 0 spiro atoms. The Morgan fingerprint density at radius 3 is 2.32 bits per heavy atom. The fourth-order valence-electron chi connectivity index (χ4n) is 3.26. The number of amides is 2. The van der Waals surface area contributed by atoms with Crippen LogP contribution in [0, 0.1) is 5.92 Å². The summed E-state index contributed by atoms with van der Waals surface area (Å²) < 4.78 is 10.4. The maximum atomic E-state index is 12.9. The third-order valence-corrected chi connectivity index (χ3v) is 4.60. The SMILES string of the molecule is CC(C)COC(=O)C1CCCN1C(=O)C1CCCN1C(=O)OCCCl. The molecule has 0 aliphatic carbocycles. The van der Waals surface area contributed by atoms with E-state index in [-0.39, 0.29) is 30.3 Å². The number of carbonyl (C=O) groups is 3. The quantitative estimate of drug-likeness (QED) is 0.525. The van der Waals surface area contributed by atoms with Crippen molar-refractivity contribution in [2.24, 2.45) is 5.92 Å². The van der Waals surface area contributed by atoms with Crippen LogP contribution in [0.2, 0.25) is 0 Å². The first-order valence-corrected chi connectivity index (χ1v) is 9.45. The van der Waals surface area contributed by atoms with Crippen LogP contribution in [0.3, 0.4) is 0 Å². The van der Waals surface area contributed by atoms with Gasteiger partial charge in [-0.1, -0.05) is 13.8 Å². The maximum Gasteiger partial charge on any atom is 0.410 e. The van der Waals surface area contributed by atoms with Crippen LogP contribution in [-0.2, 0) is 19.1 Å². The number of halogens is 1. The Kier molecular flexibility index (Phi) is 7.35. The van der Waals surface area contributed by atoms with Gasteiger partial charge in [-0.2, -0.15) is 0 Å². The van der Waals surface area contributed by atoms with Crippen LogP contribution in [0.4, 0.5) is 4.79 Å². The fraction of sp³-hybridized carbons (Fsp3) is 0.824. The van der Waals surface area contributed by atoms with E-state index >= 15 is 0 Å². The van der Waals surface area contributed by atoms with E-state index in [0.29, 0.717) is 32.5 Å². The van der Waals surface area contributed by atoms with E-state index in [2.05, 4.69) is 0 Å². The molecule has 142 valence electrons. The monoisotopic (exact) mass is 374 g/mol. The van der Waals surface area contributed by atoms with Crippen molar-refractivity contribution < 1.29 is 23.9 Å². The van der Waals surface area contributed by atoms with Crippen molar-refractivity contribution in [3.63, 3.8) is 0 Å². The van der Waals surface area contributed by atoms with E-state index in [9.17, 15) is 14.4 Å². The molecule has 8 heteroatoms. The summed E-state index contributed by atoms with van der Waals surface area (Å²) in [5.74, 6) is -0.0803. The van der Waals surface area contributed by atoms with E-state index in [1.54, 1.807) is 4.90 Å². The van der Waals surface area contributed by atoms with E-state index in [0.717, 1.165) is 12.8 Å². The molecule has 2 atom stereocenters. The third kappa shape index (κ3) is 5.00. The van der Waals surface area contributed by atoms with Crippen molar-refractivity contribution in [3.05, 3.63) is 0 Å². The second-order valence-electron chi connectivity index (χ2n) is 6.87. The highest BCUT2D eigenvalue weighted by Gasteiger charge is 2.43. The summed E-state index contributed by atoms with van der Waals surface area (Å²) in [7, 11) is 0. The molecular weight excluding hydrogens is 348 g/mol. The molecule has 0 radical (unpaired) electrons. The minimum atomic E-state index is -0.568. The predicted molar refractivity (Wildman–Crippen MR) is 92.3 cm³/mol. The van der Waals surface area contributed by atoms with Crippen molar-refractivity contribution in [1.82, 2.24) is 9.80 Å². The summed E-state index contributed by atoms with van der Waals surface area (Å²) in [6.07, 6.45) is 2.17. The molecule has 2 unspecified atom stereocenters. The van der Waals surface area contributed by atoms with Gasteiger partial charge >= 0.3 is 12.1 Å². The number of esters is 1. The van der Waals surface area contributed by atoms with Crippen LogP contribution < -0.4 is 0 Å². The van der Waals surface area contributed by atoms with Gasteiger partial charge in [-0.3, -0.25) is 9.69 Å². The Bertz CT molecular complexity index is 499. The lowest BCUT2D eigenvalue weighted by Gasteiger charge is -2.30. The number of likely N-dealkylation sites (tertiary alicyclic amines) is 2. The molecule has 0 aromatic rings. The number of hydrogen-bond donors (Lipinski definition) is 0. The van der Waals surface area contributed by atoms with E-state index < -0.39 is 18.2 Å². The van der Waals surface area contributed by atoms with Crippen LogP contribution in [-0.4, -0.2) is 72.0 Å². The molecular formula is C17H27ClN2O5. The third-order valence-electron chi connectivity index (χ3n) is 4.44. The molecule has 2 rings (SSSR count). The summed E-state index contributed by atoms with van der Waals surface area (Å²) in [5.41, 5.74) is 0. The Morgan fingerprint density at radius 2 is 1.68 bits per heavy atom. The highest BCUT2D eigenvalue weighted by atomic mass is 35.5. The first kappa shape index (κ1) is 19.8. The molecule has 2 aliphatic heterocycles. The van der Waals surface area contributed by atoms with Gasteiger partial charge in [0.25, 0.3) is 0 Å². The lowest BCUT2D eigenvalue weighted by atomic mass is 10.1. The predicted octanol–water partition coefficient (Wildman–Crippen LogP) is 2.02. The van der Waals surface area contributed by atoms with Gasteiger partial charge in [0.2, 0.25) is 5.91 Å². The molecule has 2 heterocycles. The summed E-state index contributed by atoms with van der Waals surface area (Å²) in [6.45, 7) is 5.39. The van der Waals surface area contributed by atoms with Crippen molar-refractivity contribution in [2.75, 3.05) is 32.2 Å². The molecule has 0 aromatic carbocycles. The van der Waals surface area contributed by atoms with Crippen molar-refractivity contribution in [2.45, 2.75) is 51.6 Å². The van der Waals surface area contributed by atoms with Gasteiger partial charge in [0.15, 0.2) is 0 Å². The smallest absolute Gasteiger partial charge is 0.410 e. The molecule has 25 heavy (non-hydrogen) atoms. The van der Waals surface area contributed by atoms with Crippen LogP contribution >= 0.6 is 11.6 Å². The van der Waals surface area contributed by atoms with Gasteiger partial charge in [0, 0.05) is 13.1 Å². The summed E-state index contributed by atoms with van der Waals surface area (Å²) in [5, 5.41) is 0. The number of carbonyl (C=O) groups excluding carboxylic acids is 3. The Balaban J connectivity index is 1.99. The first-order valence-electron chi connectivity index (χ1n) is 8.92. The Hall–Kier alpha value is -1.50. The second kappa shape index (κ2) is 9.27. The number of nitrogens with zero attached hydrogens (tertiary/aromatic N) is 2. The lowest BCUT2D eigenvalue weighted by Crippen LogP contribution is -2.51. The lowest BCUT2D eigenvalue weighted by molar-refractivity contribution is -0.155. The molecule has 0 N–H and O–H groups in total. The molecule has 0 aromatic heterocycles. The van der Waals surface area contributed by atoms with Crippen LogP contribution in [0.1, 0.15) is 39.5 Å². The highest BCUT2D eigenvalue weighted by molar-refractivity contribution is 6.18. The molecule has 2 fully saturated rings. The zero-order chi connectivity index (χ0) is 18.4. The van der Waals surface area contributed by atoms with Gasteiger partial charge in [-0.05, 0) is 31.6 Å². The molecule has 2 aliphatic rings. The van der Waals surface area contributed by atoms with Crippen molar-refractivity contribution >= 4 is 29.6 Å². The van der Waals surface area contributed by atoms with E-state index in [4.69, 9.17) is 21.1 Å². The highest BCUT2D eigenvalue weighted by Crippen LogP contribution is 2.26.